The number of para-hydroxylation sites is 1. The number of ether oxygens (including phenoxy) is 1. The first kappa shape index (κ1) is 18.8. The molecule has 2 aromatic heterocycles. The summed E-state index contributed by atoms with van der Waals surface area (Å²) in [4.78, 5) is 28.7. The minimum atomic E-state index is -0.275. The van der Waals surface area contributed by atoms with Gasteiger partial charge in [0.15, 0.2) is 5.69 Å². The minimum Gasteiger partial charge on any atom is -0.378 e. The first-order chi connectivity index (χ1) is 14.6. The Balaban J connectivity index is 1.85. The number of hydrogen-bond donors (Lipinski definition) is 0. The zero-order valence-corrected chi connectivity index (χ0v) is 17.1. The van der Waals surface area contributed by atoms with E-state index in [1.807, 2.05) is 35.9 Å². The fourth-order valence-corrected chi connectivity index (χ4v) is 4.13. The van der Waals surface area contributed by atoms with E-state index in [0.29, 0.717) is 47.9 Å². The van der Waals surface area contributed by atoms with Crippen LogP contribution in [-0.2, 0) is 11.8 Å². The summed E-state index contributed by atoms with van der Waals surface area (Å²) in [5, 5.41) is 6.37. The van der Waals surface area contributed by atoms with Crippen LogP contribution in [0.4, 0.5) is 0 Å². The summed E-state index contributed by atoms with van der Waals surface area (Å²) in [5.41, 5.74) is 1.94. The van der Waals surface area contributed by atoms with Gasteiger partial charge in [0.2, 0.25) is 0 Å². The molecule has 152 valence electrons. The number of nitrogens with zero attached hydrogens (tertiary/aromatic N) is 4. The lowest BCUT2D eigenvalue weighted by molar-refractivity contribution is 0.0299. The smallest absolute Gasteiger partial charge is 0.281 e. The minimum absolute atomic E-state index is 0.211. The van der Waals surface area contributed by atoms with Crippen molar-refractivity contribution in [3.05, 3.63) is 69.6 Å². The Kier molecular flexibility index (Phi) is 4.56. The molecule has 0 spiro atoms. The first-order valence-electron chi connectivity index (χ1n) is 9.69. The van der Waals surface area contributed by atoms with Gasteiger partial charge >= 0.3 is 0 Å². The molecular formula is C22H19ClN4O3. The van der Waals surface area contributed by atoms with E-state index in [2.05, 4.69) is 5.10 Å². The fourth-order valence-electron chi connectivity index (χ4n) is 4.00. The molecule has 0 unspecified atom stereocenters. The van der Waals surface area contributed by atoms with Gasteiger partial charge in [0.05, 0.1) is 29.8 Å². The maximum absolute atomic E-state index is 13.5. The molecule has 1 aliphatic rings. The van der Waals surface area contributed by atoms with Gasteiger partial charge < -0.3 is 14.2 Å². The van der Waals surface area contributed by atoms with Crippen molar-refractivity contribution < 1.29 is 9.53 Å². The van der Waals surface area contributed by atoms with Crippen LogP contribution in [0.2, 0.25) is 5.02 Å². The Morgan fingerprint density at radius 1 is 1.07 bits per heavy atom. The van der Waals surface area contributed by atoms with Gasteiger partial charge in [-0.25, -0.2) is 0 Å². The Morgan fingerprint density at radius 2 is 1.77 bits per heavy atom. The van der Waals surface area contributed by atoms with Crippen molar-refractivity contribution in [2.24, 2.45) is 7.05 Å². The Bertz CT molecular complexity index is 1330. The largest absolute Gasteiger partial charge is 0.378 e. The lowest BCUT2D eigenvalue weighted by Gasteiger charge is -2.26. The van der Waals surface area contributed by atoms with Crippen molar-refractivity contribution in [1.82, 2.24) is 19.2 Å². The second-order valence-electron chi connectivity index (χ2n) is 7.25. The highest BCUT2D eigenvalue weighted by molar-refractivity contribution is 6.30. The van der Waals surface area contributed by atoms with Gasteiger partial charge in [-0.15, -0.1) is 0 Å². The van der Waals surface area contributed by atoms with Gasteiger partial charge in [-0.05, 0) is 30.3 Å². The molecular weight excluding hydrogens is 404 g/mol. The standard InChI is InChI=1S/C22H19ClN4O3/c1-25-17-5-3-2-4-16(17)18-20(25)19(22(29)26-10-12-30-13-11-26)24-27(21(18)28)15-8-6-14(23)7-9-15/h2-9H,10-13H2,1H3. The van der Waals surface area contributed by atoms with Gasteiger partial charge in [0.25, 0.3) is 11.5 Å². The second kappa shape index (κ2) is 7.27. The summed E-state index contributed by atoms with van der Waals surface area (Å²) in [6.45, 7) is 1.96. The highest BCUT2D eigenvalue weighted by atomic mass is 35.5. The Labute approximate surface area is 177 Å². The second-order valence-corrected chi connectivity index (χ2v) is 7.68. The number of carbonyl (C=O) groups excluding carboxylic acids is 1. The molecule has 2 aromatic carbocycles. The number of hydrogen-bond acceptors (Lipinski definition) is 4. The predicted octanol–water partition coefficient (Wildman–Crippen LogP) is 3.00. The number of carbonyl (C=O) groups is 1. The van der Waals surface area contributed by atoms with Crippen molar-refractivity contribution in [3.63, 3.8) is 0 Å². The van der Waals surface area contributed by atoms with Crippen molar-refractivity contribution >= 4 is 39.3 Å². The fraction of sp³-hybridized carbons (Fsp3) is 0.227. The summed E-state index contributed by atoms with van der Waals surface area (Å²) in [6.07, 6.45) is 0. The van der Waals surface area contributed by atoms with E-state index in [1.165, 1.54) is 4.68 Å². The molecule has 7 nitrogen and oxygen atoms in total. The molecule has 1 fully saturated rings. The van der Waals surface area contributed by atoms with Crippen molar-refractivity contribution in [2.75, 3.05) is 26.3 Å². The van der Waals surface area contributed by atoms with Crippen LogP contribution >= 0.6 is 11.6 Å². The van der Waals surface area contributed by atoms with Gasteiger partial charge in [0, 0.05) is 36.1 Å². The number of aromatic nitrogens is 3. The number of morpholine rings is 1. The third kappa shape index (κ3) is 2.89. The van der Waals surface area contributed by atoms with Gasteiger partial charge in [-0.2, -0.15) is 9.78 Å². The van der Waals surface area contributed by atoms with Crippen LogP contribution in [-0.4, -0.2) is 51.5 Å². The van der Waals surface area contributed by atoms with Gasteiger partial charge in [0.1, 0.15) is 0 Å². The molecule has 0 saturated carbocycles. The van der Waals surface area contributed by atoms with Crippen LogP contribution < -0.4 is 5.56 Å². The average molecular weight is 423 g/mol. The molecule has 0 atom stereocenters. The average Bonchev–Trinajstić information content (AvgIpc) is 3.08. The number of aryl methyl sites for hydroxylation is 1. The van der Waals surface area contributed by atoms with Crippen LogP contribution in [0.15, 0.2) is 53.3 Å². The highest BCUT2D eigenvalue weighted by Gasteiger charge is 2.27. The number of amides is 1. The third-order valence-electron chi connectivity index (χ3n) is 5.51. The summed E-state index contributed by atoms with van der Waals surface area (Å²) in [6, 6.07) is 14.5. The molecule has 1 aliphatic heterocycles. The molecule has 1 amide bonds. The molecule has 30 heavy (non-hydrogen) atoms. The van der Waals surface area contributed by atoms with Crippen molar-refractivity contribution in [1.29, 1.82) is 0 Å². The number of fused-ring (bicyclic) bond motifs is 3. The molecule has 4 aromatic rings. The molecule has 8 heteroatoms. The van der Waals surface area contributed by atoms with Crippen molar-refractivity contribution in [2.45, 2.75) is 0 Å². The van der Waals surface area contributed by atoms with Crippen molar-refractivity contribution in [3.8, 4) is 5.69 Å². The van der Waals surface area contributed by atoms with E-state index < -0.39 is 0 Å². The molecule has 0 aliphatic carbocycles. The Hall–Kier alpha value is -3.16. The lowest BCUT2D eigenvalue weighted by Crippen LogP contribution is -2.42. The van der Waals surface area contributed by atoms with E-state index in [-0.39, 0.29) is 17.2 Å². The molecule has 0 bridgehead atoms. The number of halogens is 1. The normalized spacial score (nSPS) is 14.5. The highest BCUT2D eigenvalue weighted by Crippen LogP contribution is 2.28. The SMILES string of the molecule is Cn1c2ccccc2c2c(=O)n(-c3ccc(Cl)cc3)nc(C(=O)N3CCOCC3)c21. The summed E-state index contributed by atoms with van der Waals surface area (Å²) in [5.74, 6) is -0.211. The zero-order valence-electron chi connectivity index (χ0n) is 16.3. The quantitative estimate of drug-likeness (QED) is 0.498. The van der Waals surface area contributed by atoms with Gasteiger partial charge in [-0.1, -0.05) is 29.8 Å². The molecule has 1 saturated heterocycles. The molecule has 3 heterocycles. The van der Waals surface area contributed by atoms with Crippen LogP contribution in [0.25, 0.3) is 27.5 Å². The molecule has 5 rings (SSSR count). The van der Waals surface area contributed by atoms with E-state index in [1.54, 1.807) is 29.2 Å². The van der Waals surface area contributed by atoms with E-state index in [0.717, 1.165) is 10.9 Å². The Morgan fingerprint density at radius 3 is 2.50 bits per heavy atom. The summed E-state index contributed by atoms with van der Waals surface area (Å²) >= 11 is 6.01. The summed E-state index contributed by atoms with van der Waals surface area (Å²) in [7, 11) is 1.86. The first-order valence-corrected chi connectivity index (χ1v) is 10.1. The van der Waals surface area contributed by atoms with Gasteiger partial charge in [-0.3, -0.25) is 9.59 Å². The van der Waals surface area contributed by atoms with Crippen LogP contribution in [0.5, 0.6) is 0 Å². The maximum atomic E-state index is 13.5. The number of rotatable bonds is 2. The predicted molar refractivity (Wildman–Crippen MR) is 116 cm³/mol. The maximum Gasteiger partial charge on any atom is 0.281 e. The summed E-state index contributed by atoms with van der Waals surface area (Å²) < 4.78 is 8.55. The monoisotopic (exact) mass is 422 g/mol. The van der Waals surface area contributed by atoms with Crippen LogP contribution in [0, 0.1) is 0 Å². The van der Waals surface area contributed by atoms with Crippen LogP contribution in [0.1, 0.15) is 10.5 Å². The topological polar surface area (TPSA) is 69.4 Å². The van der Waals surface area contributed by atoms with E-state index in [9.17, 15) is 9.59 Å². The van der Waals surface area contributed by atoms with E-state index in [4.69, 9.17) is 16.3 Å². The third-order valence-corrected chi connectivity index (χ3v) is 5.76. The van der Waals surface area contributed by atoms with Crippen LogP contribution in [0.3, 0.4) is 0 Å². The lowest BCUT2D eigenvalue weighted by atomic mass is 10.1. The molecule has 0 radical (unpaired) electrons. The zero-order chi connectivity index (χ0) is 20.8. The number of benzene rings is 2. The molecule has 0 N–H and O–H groups in total. The van der Waals surface area contributed by atoms with E-state index >= 15 is 0 Å².